The van der Waals surface area contributed by atoms with Crippen LogP contribution in [-0.2, 0) is 26.0 Å². The van der Waals surface area contributed by atoms with Crippen LogP contribution in [0, 0.1) is 36.5 Å². The largest absolute Gasteiger partial charge is 0.389 e. The first-order valence-corrected chi connectivity index (χ1v) is 16.6. The third kappa shape index (κ3) is 12.3. The van der Waals surface area contributed by atoms with Crippen LogP contribution < -0.4 is 16.0 Å². The minimum atomic E-state index is -3.81. The number of aliphatic hydroxyl groups is 2. The summed E-state index contributed by atoms with van der Waals surface area (Å²) in [6, 6.07) is 7.07. The number of hydrogen-bond donors (Lipinski definition) is 5. The molecule has 0 saturated heterocycles. The van der Waals surface area contributed by atoms with E-state index in [9.17, 15) is 28.2 Å². The van der Waals surface area contributed by atoms with Gasteiger partial charge in [0.2, 0.25) is 21.8 Å². The van der Waals surface area contributed by atoms with Crippen LogP contribution in [0.4, 0.5) is 0 Å². The molecule has 3 unspecified atom stereocenters. The summed E-state index contributed by atoms with van der Waals surface area (Å²) in [6.45, 7) is 0.677. The molecule has 43 heavy (non-hydrogen) atoms. The molecular formula is C32H48N4O6S. The van der Waals surface area contributed by atoms with Crippen molar-refractivity contribution in [2.75, 3.05) is 32.9 Å². The average molecular weight is 617 g/mol. The standard InChI is InChI=1S/C32H48N4O6S/c1-5-13-27(32(40)35-28(30(38)29(37)14-6-2)22-25-17-11-8-12-18-25)34-31(39)26(21-24-15-9-7-10-16-24)23-43(41,42)36(4)20-19-33-3/h1-2,7,9-10,15-16,25-30,33,37-38H,8,11-14,17-23H2,3-4H3,(H,34,39)(H,35,40)/t26?,27-,28?,29?,30+/m0/s1. The molecule has 0 radical (unpaired) electrons. The minimum Gasteiger partial charge on any atom is -0.389 e. The van der Waals surface area contributed by atoms with Gasteiger partial charge in [0.25, 0.3) is 0 Å². The third-order valence-electron chi connectivity index (χ3n) is 7.99. The highest BCUT2D eigenvalue weighted by Gasteiger charge is 2.34. The molecule has 0 aromatic heterocycles. The van der Waals surface area contributed by atoms with E-state index in [1.54, 1.807) is 19.2 Å². The maximum Gasteiger partial charge on any atom is 0.243 e. The first-order valence-electron chi connectivity index (χ1n) is 15.0. The van der Waals surface area contributed by atoms with Gasteiger partial charge in [-0.15, -0.1) is 24.7 Å². The number of carbonyl (C=O) groups is 2. The molecule has 2 amide bonds. The van der Waals surface area contributed by atoms with E-state index in [-0.39, 0.29) is 31.7 Å². The van der Waals surface area contributed by atoms with Crippen molar-refractivity contribution in [2.45, 2.75) is 82.1 Å². The summed E-state index contributed by atoms with van der Waals surface area (Å²) < 4.78 is 27.5. The molecule has 1 saturated carbocycles. The quantitative estimate of drug-likeness (QED) is 0.155. The van der Waals surface area contributed by atoms with Crippen LogP contribution in [0.2, 0.25) is 0 Å². The predicted molar refractivity (Wildman–Crippen MR) is 168 cm³/mol. The van der Waals surface area contributed by atoms with E-state index >= 15 is 0 Å². The van der Waals surface area contributed by atoms with Gasteiger partial charge in [-0.05, 0) is 31.4 Å². The van der Waals surface area contributed by atoms with Gasteiger partial charge in [0, 0.05) is 33.0 Å². The number of amides is 2. The molecule has 0 spiro atoms. The molecule has 1 fully saturated rings. The van der Waals surface area contributed by atoms with Crippen LogP contribution in [-0.4, -0.2) is 92.0 Å². The Labute approximate surface area is 257 Å². The van der Waals surface area contributed by atoms with Crippen LogP contribution in [0.5, 0.6) is 0 Å². The number of hydrogen-bond acceptors (Lipinski definition) is 7. The highest BCUT2D eigenvalue weighted by Crippen LogP contribution is 2.28. The summed E-state index contributed by atoms with van der Waals surface area (Å²) >= 11 is 0. The van der Waals surface area contributed by atoms with Gasteiger partial charge in [-0.3, -0.25) is 9.59 Å². The lowest BCUT2D eigenvalue weighted by Crippen LogP contribution is -2.56. The van der Waals surface area contributed by atoms with Gasteiger partial charge in [0.1, 0.15) is 12.1 Å². The smallest absolute Gasteiger partial charge is 0.243 e. The first-order chi connectivity index (χ1) is 20.5. The fraction of sp³-hybridized carbons (Fsp3) is 0.625. The number of benzene rings is 1. The Hall–Kier alpha value is -2.93. The summed E-state index contributed by atoms with van der Waals surface area (Å²) in [7, 11) is -0.629. The summed E-state index contributed by atoms with van der Waals surface area (Å²) in [5, 5.41) is 29.7. The molecule has 0 bridgehead atoms. The second-order valence-corrected chi connectivity index (χ2v) is 13.5. The Balaban J connectivity index is 2.25. The maximum absolute atomic E-state index is 13.6. The third-order valence-corrected chi connectivity index (χ3v) is 9.94. The molecule has 1 aliphatic rings. The maximum atomic E-state index is 13.6. The molecule has 1 aromatic rings. The Kier molecular flexibility index (Phi) is 15.7. The van der Waals surface area contributed by atoms with Gasteiger partial charge in [0.15, 0.2) is 0 Å². The summed E-state index contributed by atoms with van der Waals surface area (Å²) in [6.07, 6.45) is 13.8. The molecule has 2 rings (SSSR count). The van der Waals surface area contributed by atoms with Gasteiger partial charge in [-0.2, -0.15) is 0 Å². The van der Waals surface area contributed by atoms with Gasteiger partial charge in [-0.1, -0.05) is 62.4 Å². The van der Waals surface area contributed by atoms with Crippen LogP contribution in [0.1, 0.15) is 56.9 Å². The van der Waals surface area contributed by atoms with Crippen LogP contribution in [0.15, 0.2) is 30.3 Å². The fourth-order valence-electron chi connectivity index (χ4n) is 5.39. The summed E-state index contributed by atoms with van der Waals surface area (Å²) in [5.74, 6) is 2.30. The number of likely N-dealkylation sites (N-methyl/N-ethyl adjacent to an activating group) is 2. The highest BCUT2D eigenvalue weighted by atomic mass is 32.2. The second kappa shape index (κ2) is 18.7. The molecule has 5 N–H and O–H groups in total. The van der Waals surface area contributed by atoms with Crippen molar-refractivity contribution in [3.8, 4) is 24.7 Å². The normalized spacial score (nSPS) is 17.6. The lowest BCUT2D eigenvalue weighted by Gasteiger charge is -2.33. The zero-order valence-corrected chi connectivity index (χ0v) is 26.2. The van der Waals surface area contributed by atoms with E-state index < -0.39 is 57.8 Å². The molecule has 5 atom stereocenters. The van der Waals surface area contributed by atoms with Crippen molar-refractivity contribution >= 4 is 21.8 Å². The molecule has 0 aliphatic heterocycles. The average Bonchev–Trinajstić information content (AvgIpc) is 2.99. The Morgan fingerprint density at radius 1 is 1.02 bits per heavy atom. The van der Waals surface area contributed by atoms with E-state index in [0.29, 0.717) is 13.0 Å². The minimum absolute atomic E-state index is 0.0822. The van der Waals surface area contributed by atoms with Crippen molar-refractivity contribution in [2.24, 2.45) is 11.8 Å². The highest BCUT2D eigenvalue weighted by molar-refractivity contribution is 7.89. The molecule has 0 heterocycles. The SMILES string of the molecule is C#CCC(O)[C@H](O)C(CC1CCCCC1)NC(=O)[C@H](CC#C)NC(=O)C(Cc1ccccc1)CS(=O)(=O)N(C)CCNC. The van der Waals surface area contributed by atoms with Crippen molar-refractivity contribution in [3.63, 3.8) is 0 Å². The number of terminal acetylenes is 2. The molecule has 1 aromatic carbocycles. The van der Waals surface area contributed by atoms with Gasteiger partial charge >= 0.3 is 0 Å². The number of aliphatic hydroxyl groups excluding tert-OH is 2. The topological polar surface area (TPSA) is 148 Å². The number of rotatable bonds is 18. The van der Waals surface area contributed by atoms with Crippen LogP contribution in [0.25, 0.3) is 0 Å². The monoisotopic (exact) mass is 616 g/mol. The molecule has 10 nitrogen and oxygen atoms in total. The van der Waals surface area contributed by atoms with Gasteiger partial charge in [0.05, 0.1) is 23.8 Å². The van der Waals surface area contributed by atoms with Gasteiger partial charge < -0.3 is 26.2 Å². The van der Waals surface area contributed by atoms with Gasteiger partial charge in [-0.25, -0.2) is 12.7 Å². The summed E-state index contributed by atoms with van der Waals surface area (Å²) in [5.41, 5.74) is 0.770. The fourth-order valence-corrected chi connectivity index (χ4v) is 6.79. The van der Waals surface area contributed by atoms with E-state index in [1.807, 2.05) is 18.2 Å². The van der Waals surface area contributed by atoms with Crippen molar-refractivity contribution in [3.05, 3.63) is 35.9 Å². The Morgan fingerprint density at radius 3 is 2.28 bits per heavy atom. The lowest BCUT2D eigenvalue weighted by atomic mass is 9.82. The van der Waals surface area contributed by atoms with Crippen LogP contribution in [0.3, 0.4) is 0 Å². The molecule has 1 aliphatic carbocycles. The first kappa shape index (κ1) is 36.3. The molecule has 11 heteroatoms. The number of carbonyl (C=O) groups excluding carboxylic acids is 2. The number of nitrogens with zero attached hydrogens (tertiary/aromatic N) is 1. The predicted octanol–water partition coefficient (Wildman–Crippen LogP) is 1.03. The Morgan fingerprint density at radius 2 is 1.67 bits per heavy atom. The summed E-state index contributed by atoms with van der Waals surface area (Å²) in [4.78, 5) is 27.1. The van der Waals surface area contributed by atoms with Crippen LogP contribution >= 0.6 is 0 Å². The van der Waals surface area contributed by atoms with Crippen molar-refractivity contribution < 1.29 is 28.2 Å². The number of nitrogens with one attached hydrogen (secondary N) is 3. The van der Waals surface area contributed by atoms with E-state index in [1.165, 1.54) is 11.4 Å². The van der Waals surface area contributed by atoms with E-state index in [4.69, 9.17) is 12.8 Å². The number of sulfonamides is 1. The molecular weight excluding hydrogens is 568 g/mol. The lowest BCUT2D eigenvalue weighted by molar-refractivity contribution is -0.132. The second-order valence-electron chi connectivity index (χ2n) is 11.4. The van der Waals surface area contributed by atoms with Crippen molar-refractivity contribution in [1.29, 1.82) is 0 Å². The van der Waals surface area contributed by atoms with E-state index in [2.05, 4.69) is 27.8 Å². The van der Waals surface area contributed by atoms with Crippen molar-refractivity contribution in [1.82, 2.24) is 20.3 Å². The van der Waals surface area contributed by atoms with E-state index in [0.717, 1.165) is 37.7 Å². The zero-order chi connectivity index (χ0) is 31.8. The molecule has 238 valence electrons. The zero-order valence-electron chi connectivity index (χ0n) is 25.4. The Bertz CT molecular complexity index is 1190.